The molecule has 0 aromatic heterocycles. The second-order valence-electron chi connectivity index (χ2n) is 5.37. The van der Waals surface area contributed by atoms with Gasteiger partial charge in [-0.25, -0.2) is 0 Å². The average molecular weight is 278 g/mol. The number of carbonyl (C=O) groups excluding carboxylic acids is 1. The van der Waals surface area contributed by atoms with Crippen molar-refractivity contribution < 1.29 is 19.8 Å². The Morgan fingerprint density at radius 3 is 2.80 bits per heavy atom. The Morgan fingerprint density at radius 2 is 2.25 bits per heavy atom. The number of aliphatic carboxylic acids is 1. The predicted octanol–water partition coefficient (Wildman–Crippen LogP) is 2.17. The van der Waals surface area contributed by atoms with Crippen LogP contribution in [-0.2, 0) is 9.59 Å². The van der Waals surface area contributed by atoms with Crippen LogP contribution in [0.1, 0.15) is 45.4 Å². The fourth-order valence-electron chi connectivity index (χ4n) is 2.53. The number of carboxylic acid groups (broad SMARTS) is 1. The van der Waals surface area contributed by atoms with Gasteiger partial charge in [0.15, 0.2) is 0 Å². The van der Waals surface area contributed by atoms with Crippen molar-refractivity contribution in [1.29, 1.82) is 0 Å². The second kappa shape index (κ2) is 7.25. The third kappa shape index (κ3) is 4.21. The average Bonchev–Trinajstić information content (AvgIpc) is 2.78. The van der Waals surface area contributed by atoms with E-state index in [4.69, 9.17) is 11.5 Å². The summed E-state index contributed by atoms with van der Waals surface area (Å²) in [6, 6.07) is 0. The first-order valence-electron chi connectivity index (χ1n) is 7.08. The summed E-state index contributed by atoms with van der Waals surface area (Å²) in [5.74, 6) is -0.360. The molecule has 1 fully saturated rings. The van der Waals surface area contributed by atoms with Crippen molar-refractivity contribution in [3.8, 4) is 12.3 Å². The van der Waals surface area contributed by atoms with Gasteiger partial charge in [0, 0.05) is 6.42 Å². The van der Waals surface area contributed by atoms with E-state index in [2.05, 4.69) is 12.8 Å². The van der Waals surface area contributed by atoms with Crippen LogP contribution in [0, 0.1) is 24.2 Å². The molecule has 0 bridgehead atoms. The number of unbranched alkanes of at least 4 members (excludes halogenated alkanes) is 2. The molecule has 1 rings (SSSR count). The molecule has 2 N–H and O–H groups in total. The number of Topliss-reactive ketones (excluding diaryl/α,β-unsaturated/α-hetero) is 1. The standard InChI is InChI=1S/C16H22O4/c1-3-5-6-10-16(20,4-2)11-9-12-7-8-13(17)14(12)15(18)19/h2,9,11-12,14,20H,3,5-8,10H2,1H3,(H,18,19). The van der Waals surface area contributed by atoms with Crippen LogP contribution < -0.4 is 0 Å². The lowest BCUT2D eigenvalue weighted by atomic mass is 9.90. The van der Waals surface area contributed by atoms with Crippen molar-refractivity contribution in [3.05, 3.63) is 12.2 Å². The van der Waals surface area contributed by atoms with Crippen molar-refractivity contribution >= 4 is 11.8 Å². The minimum Gasteiger partial charge on any atom is -0.481 e. The minimum absolute atomic E-state index is 0.248. The first kappa shape index (κ1) is 16.5. The van der Waals surface area contributed by atoms with Crippen LogP contribution in [0.2, 0.25) is 0 Å². The second-order valence-corrected chi connectivity index (χ2v) is 5.37. The van der Waals surface area contributed by atoms with Crippen molar-refractivity contribution in [1.82, 2.24) is 0 Å². The Morgan fingerprint density at radius 1 is 1.55 bits per heavy atom. The van der Waals surface area contributed by atoms with Gasteiger partial charge < -0.3 is 10.2 Å². The SMILES string of the molecule is C#CC(O)(C=CC1CCC(=O)C1C(=O)O)CCCCC. The van der Waals surface area contributed by atoms with E-state index in [1.54, 1.807) is 6.08 Å². The van der Waals surface area contributed by atoms with Crippen molar-refractivity contribution in [2.75, 3.05) is 0 Å². The molecule has 0 aromatic rings. The van der Waals surface area contributed by atoms with Crippen LogP contribution in [0.3, 0.4) is 0 Å². The normalized spacial score (nSPS) is 25.6. The molecule has 4 heteroatoms. The number of hydrogen-bond acceptors (Lipinski definition) is 3. The molecule has 4 nitrogen and oxygen atoms in total. The lowest BCUT2D eigenvalue weighted by Gasteiger charge is -2.19. The van der Waals surface area contributed by atoms with Crippen molar-refractivity contribution in [2.45, 2.75) is 51.0 Å². The summed E-state index contributed by atoms with van der Waals surface area (Å²) >= 11 is 0. The molecule has 1 aliphatic rings. The zero-order valence-electron chi connectivity index (χ0n) is 11.8. The van der Waals surface area contributed by atoms with E-state index in [0.29, 0.717) is 12.8 Å². The van der Waals surface area contributed by atoms with Crippen molar-refractivity contribution in [2.24, 2.45) is 11.8 Å². The van der Waals surface area contributed by atoms with E-state index in [1.807, 2.05) is 0 Å². The topological polar surface area (TPSA) is 74.6 Å². The van der Waals surface area contributed by atoms with Gasteiger partial charge in [-0.3, -0.25) is 9.59 Å². The molecule has 20 heavy (non-hydrogen) atoms. The molecule has 3 atom stereocenters. The van der Waals surface area contributed by atoms with E-state index in [1.165, 1.54) is 6.08 Å². The van der Waals surface area contributed by atoms with Crippen molar-refractivity contribution in [3.63, 3.8) is 0 Å². The van der Waals surface area contributed by atoms with E-state index in [0.717, 1.165) is 19.3 Å². The summed E-state index contributed by atoms with van der Waals surface area (Å²) in [6.07, 6.45) is 12.5. The van der Waals surface area contributed by atoms with Gasteiger partial charge in [0.2, 0.25) is 0 Å². The van der Waals surface area contributed by atoms with Gasteiger partial charge in [0.25, 0.3) is 0 Å². The highest BCUT2D eigenvalue weighted by Gasteiger charge is 2.38. The third-order valence-electron chi connectivity index (χ3n) is 3.80. The molecule has 3 unspecified atom stereocenters. The zero-order valence-corrected chi connectivity index (χ0v) is 11.8. The van der Waals surface area contributed by atoms with E-state index in [9.17, 15) is 14.7 Å². The van der Waals surface area contributed by atoms with E-state index in [-0.39, 0.29) is 18.1 Å². The van der Waals surface area contributed by atoms with Gasteiger partial charge >= 0.3 is 5.97 Å². The molecule has 0 radical (unpaired) electrons. The van der Waals surface area contributed by atoms with E-state index >= 15 is 0 Å². The molecular formula is C16H22O4. The Bertz CT molecular complexity index is 432. The number of carboxylic acids is 1. The molecule has 1 aliphatic carbocycles. The van der Waals surface area contributed by atoms with Gasteiger partial charge in [-0.1, -0.05) is 31.8 Å². The van der Waals surface area contributed by atoms with Crippen LogP contribution in [-0.4, -0.2) is 27.6 Å². The highest BCUT2D eigenvalue weighted by molar-refractivity contribution is 6.00. The van der Waals surface area contributed by atoms with Gasteiger partial charge in [0.05, 0.1) is 0 Å². The van der Waals surface area contributed by atoms with Crippen LogP contribution >= 0.6 is 0 Å². The fourth-order valence-corrected chi connectivity index (χ4v) is 2.53. The minimum atomic E-state index is -1.34. The summed E-state index contributed by atoms with van der Waals surface area (Å²) in [4.78, 5) is 22.6. The number of rotatable bonds is 7. The number of hydrogen-bond donors (Lipinski definition) is 2. The molecule has 0 aliphatic heterocycles. The highest BCUT2D eigenvalue weighted by Crippen LogP contribution is 2.31. The maximum absolute atomic E-state index is 11.5. The van der Waals surface area contributed by atoms with Crippen LogP contribution in [0.5, 0.6) is 0 Å². The van der Waals surface area contributed by atoms with E-state index < -0.39 is 17.5 Å². The first-order chi connectivity index (χ1) is 9.43. The number of aliphatic hydroxyl groups is 1. The summed E-state index contributed by atoms with van der Waals surface area (Å²) in [6.45, 7) is 2.06. The first-order valence-corrected chi connectivity index (χ1v) is 7.08. The van der Waals surface area contributed by atoms with Gasteiger partial charge in [0.1, 0.15) is 17.3 Å². The summed E-state index contributed by atoms with van der Waals surface area (Å²) in [5, 5.41) is 19.3. The number of allylic oxidation sites excluding steroid dienone is 1. The number of ketones is 1. The number of terminal acetylenes is 1. The Kier molecular flexibility index (Phi) is 5.97. The predicted molar refractivity (Wildman–Crippen MR) is 75.9 cm³/mol. The summed E-state index contributed by atoms with van der Waals surface area (Å²) in [5.41, 5.74) is -1.34. The zero-order chi connectivity index (χ0) is 15.2. The lowest BCUT2D eigenvalue weighted by molar-refractivity contribution is -0.145. The Balaban J connectivity index is 2.71. The maximum Gasteiger partial charge on any atom is 0.314 e. The summed E-state index contributed by atoms with van der Waals surface area (Å²) < 4.78 is 0. The number of carbonyl (C=O) groups is 2. The van der Waals surface area contributed by atoms with Gasteiger partial charge in [-0.2, -0.15) is 0 Å². The Hall–Kier alpha value is -1.60. The fraction of sp³-hybridized carbons (Fsp3) is 0.625. The quantitative estimate of drug-likeness (QED) is 0.324. The smallest absolute Gasteiger partial charge is 0.314 e. The highest BCUT2D eigenvalue weighted by atomic mass is 16.4. The molecule has 0 heterocycles. The largest absolute Gasteiger partial charge is 0.481 e. The third-order valence-corrected chi connectivity index (χ3v) is 3.80. The van der Waals surface area contributed by atoms with Gasteiger partial charge in [-0.15, -0.1) is 6.42 Å². The molecule has 0 spiro atoms. The monoisotopic (exact) mass is 278 g/mol. The lowest BCUT2D eigenvalue weighted by Crippen LogP contribution is -2.26. The Labute approximate surface area is 119 Å². The van der Waals surface area contributed by atoms with Gasteiger partial charge in [-0.05, 0) is 31.3 Å². The molecule has 110 valence electrons. The summed E-state index contributed by atoms with van der Waals surface area (Å²) in [7, 11) is 0. The molecule has 1 saturated carbocycles. The van der Waals surface area contributed by atoms with Crippen LogP contribution in [0.15, 0.2) is 12.2 Å². The van der Waals surface area contributed by atoms with Crippen LogP contribution in [0.4, 0.5) is 0 Å². The molecule has 0 amide bonds. The molecule has 0 aromatic carbocycles. The van der Waals surface area contributed by atoms with Crippen LogP contribution in [0.25, 0.3) is 0 Å². The maximum atomic E-state index is 11.5. The molecule has 0 saturated heterocycles. The molecular weight excluding hydrogens is 256 g/mol.